The molecule has 1 aromatic rings. The summed E-state index contributed by atoms with van der Waals surface area (Å²) in [6.45, 7) is 2.18. The Morgan fingerprint density at radius 3 is 2.84 bits per heavy atom. The molecular formula is C12H14BrClN2O3. The quantitative estimate of drug-likeness (QED) is 0.774. The van der Waals surface area contributed by atoms with Crippen LogP contribution in [0.25, 0.3) is 0 Å². The second kappa shape index (κ2) is 7.45. The number of nitrogens with zero attached hydrogens (tertiary/aromatic N) is 1. The van der Waals surface area contributed by atoms with E-state index in [2.05, 4.69) is 26.2 Å². The van der Waals surface area contributed by atoms with Gasteiger partial charge in [0.1, 0.15) is 5.15 Å². The third-order valence-electron chi connectivity index (χ3n) is 2.64. The van der Waals surface area contributed by atoms with Crippen LogP contribution in [0.5, 0.6) is 0 Å². The van der Waals surface area contributed by atoms with Crippen molar-refractivity contribution in [3.8, 4) is 0 Å². The first-order valence-corrected chi connectivity index (χ1v) is 6.92. The molecule has 1 rings (SSSR count). The fourth-order valence-corrected chi connectivity index (χ4v) is 2.04. The summed E-state index contributed by atoms with van der Waals surface area (Å²) in [5.74, 6) is -1.33. The van der Waals surface area contributed by atoms with Gasteiger partial charge in [-0.15, -0.1) is 0 Å². The summed E-state index contributed by atoms with van der Waals surface area (Å²) in [5, 5.41) is 11.5. The molecule has 0 fully saturated rings. The van der Waals surface area contributed by atoms with Crippen LogP contribution in [0.4, 0.5) is 0 Å². The zero-order valence-corrected chi connectivity index (χ0v) is 12.7. The van der Waals surface area contributed by atoms with E-state index in [0.29, 0.717) is 17.4 Å². The smallest absolute Gasteiger partial charge is 0.303 e. The van der Waals surface area contributed by atoms with Gasteiger partial charge in [-0.05, 0) is 27.9 Å². The third-order valence-corrected chi connectivity index (χ3v) is 3.38. The summed E-state index contributed by atoms with van der Waals surface area (Å²) < 4.78 is 0.652. The molecule has 0 spiro atoms. The van der Waals surface area contributed by atoms with E-state index >= 15 is 0 Å². The van der Waals surface area contributed by atoms with E-state index in [0.717, 1.165) is 0 Å². The van der Waals surface area contributed by atoms with Gasteiger partial charge in [0.15, 0.2) is 0 Å². The number of hydrogen-bond donors (Lipinski definition) is 2. The largest absolute Gasteiger partial charge is 0.481 e. The lowest BCUT2D eigenvalue weighted by molar-refractivity contribution is -0.138. The van der Waals surface area contributed by atoms with E-state index in [1.54, 1.807) is 6.07 Å². The Labute approximate surface area is 124 Å². The van der Waals surface area contributed by atoms with Crippen LogP contribution >= 0.6 is 27.5 Å². The molecule has 5 nitrogen and oxygen atoms in total. The molecule has 0 aromatic carbocycles. The third kappa shape index (κ3) is 5.16. The van der Waals surface area contributed by atoms with Gasteiger partial charge in [-0.25, -0.2) is 4.98 Å². The zero-order chi connectivity index (χ0) is 14.4. The summed E-state index contributed by atoms with van der Waals surface area (Å²) in [6.07, 6.45) is 2.21. The molecular weight excluding hydrogens is 336 g/mol. The molecule has 1 aromatic heterocycles. The Morgan fingerprint density at radius 2 is 2.26 bits per heavy atom. The molecule has 19 heavy (non-hydrogen) atoms. The molecule has 2 N–H and O–H groups in total. The van der Waals surface area contributed by atoms with Crippen LogP contribution in [0, 0.1) is 5.92 Å². The van der Waals surface area contributed by atoms with E-state index in [-0.39, 0.29) is 29.0 Å². The lowest BCUT2D eigenvalue weighted by Gasteiger charge is -2.13. The number of carboxylic acid groups (broad SMARTS) is 1. The molecule has 1 amide bonds. The first kappa shape index (κ1) is 15.9. The highest BCUT2D eigenvalue weighted by Gasteiger charge is 2.15. The highest BCUT2D eigenvalue weighted by Crippen LogP contribution is 2.18. The minimum atomic E-state index is -0.872. The number of aliphatic carboxylic acids is 1. The van der Waals surface area contributed by atoms with E-state index in [1.165, 1.54) is 6.20 Å². The number of halogens is 2. The van der Waals surface area contributed by atoms with E-state index < -0.39 is 5.97 Å². The van der Waals surface area contributed by atoms with E-state index in [1.807, 2.05) is 6.92 Å². The Hall–Kier alpha value is -1.14. The van der Waals surface area contributed by atoms with Crippen molar-refractivity contribution in [3.05, 3.63) is 27.5 Å². The number of hydrogen-bond acceptors (Lipinski definition) is 3. The van der Waals surface area contributed by atoms with Crippen molar-refractivity contribution < 1.29 is 14.7 Å². The van der Waals surface area contributed by atoms with E-state index in [9.17, 15) is 9.59 Å². The second-order valence-corrected chi connectivity index (χ2v) is 5.35. The fourth-order valence-electron chi connectivity index (χ4n) is 1.52. The number of pyridine rings is 1. The average Bonchev–Trinajstić information content (AvgIpc) is 2.36. The molecule has 0 bridgehead atoms. The van der Waals surface area contributed by atoms with Crippen molar-refractivity contribution in [2.45, 2.75) is 19.8 Å². The Kier molecular flexibility index (Phi) is 6.24. The van der Waals surface area contributed by atoms with Crippen LogP contribution in [-0.4, -0.2) is 28.5 Å². The predicted molar refractivity (Wildman–Crippen MR) is 75.3 cm³/mol. The van der Waals surface area contributed by atoms with Gasteiger partial charge in [-0.1, -0.05) is 24.9 Å². The number of amides is 1. The summed E-state index contributed by atoms with van der Waals surface area (Å²) in [6, 6.07) is 1.57. The molecule has 1 atom stereocenters. The number of nitrogens with one attached hydrogen (secondary N) is 1. The molecule has 1 heterocycles. The van der Waals surface area contributed by atoms with Gasteiger partial charge in [0, 0.05) is 23.6 Å². The summed E-state index contributed by atoms with van der Waals surface area (Å²) in [4.78, 5) is 26.4. The molecule has 0 saturated heterocycles. The van der Waals surface area contributed by atoms with Crippen LogP contribution in [-0.2, 0) is 4.79 Å². The first-order chi connectivity index (χ1) is 8.93. The van der Waals surface area contributed by atoms with Gasteiger partial charge in [0.05, 0.1) is 5.56 Å². The van der Waals surface area contributed by atoms with Crippen molar-refractivity contribution in [2.24, 2.45) is 5.92 Å². The Morgan fingerprint density at radius 1 is 1.58 bits per heavy atom. The molecule has 7 heteroatoms. The maximum absolute atomic E-state index is 11.9. The first-order valence-electron chi connectivity index (χ1n) is 5.75. The van der Waals surface area contributed by atoms with Crippen molar-refractivity contribution in [1.82, 2.24) is 10.3 Å². The topological polar surface area (TPSA) is 79.3 Å². The van der Waals surface area contributed by atoms with Crippen LogP contribution < -0.4 is 5.32 Å². The van der Waals surface area contributed by atoms with Gasteiger partial charge in [-0.2, -0.15) is 0 Å². The summed E-state index contributed by atoms with van der Waals surface area (Å²) >= 11 is 9.05. The predicted octanol–water partition coefficient (Wildman–Crippen LogP) is 2.73. The minimum absolute atomic E-state index is 0.0290. The molecule has 0 radical (unpaired) electrons. The highest BCUT2D eigenvalue weighted by atomic mass is 79.9. The van der Waals surface area contributed by atoms with Crippen LogP contribution in [0.15, 0.2) is 16.7 Å². The standard InChI is InChI=1S/C12H14BrClN2O3/c1-2-7(3-10(17)18)5-16-12(19)9-4-8(13)6-15-11(9)14/h4,6-7H,2-3,5H2,1H3,(H,16,19)(H,17,18). The normalized spacial score (nSPS) is 11.9. The van der Waals surface area contributed by atoms with Crippen LogP contribution in [0.3, 0.4) is 0 Å². The van der Waals surface area contributed by atoms with Crippen molar-refractivity contribution in [3.63, 3.8) is 0 Å². The number of carbonyl (C=O) groups is 2. The minimum Gasteiger partial charge on any atom is -0.481 e. The number of carbonyl (C=O) groups excluding carboxylic acids is 1. The molecule has 104 valence electrons. The van der Waals surface area contributed by atoms with Gasteiger partial charge >= 0.3 is 5.97 Å². The van der Waals surface area contributed by atoms with E-state index in [4.69, 9.17) is 16.7 Å². The van der Waals surface area contributed by atoms with Gasteiger partial charge < -0.3 is 10.4 Å². The lowest BCUT2D eigenvalue weighted by atomic mass is 10.0. The van der Waals surface area contributed by atoms with Crippen molar-refractivity contribution in [2.75, 3.05) is 6.54 Å². The SMILES string of the molecule is CCC(CNC(=O)c1cc(Br)cnc1Cl)CC(=O)O. The Balaban J connectivity index is 2.64. The average molecular weight is 350 g/mol. The van der Waals surface area contributed by atoms with Crippen LogP contribution in [0.2, 0.25) is 5.15 Å². The van der Waals surface area contributed by atoms with Crippen molar-refractivity contribution in [1.29, 1.82) is 0 Å². The maximum atomic E-state index is 11.9. The molecule has 0 aliphatic heterocycles. The Bertz CT molecular complexity index is 482. The molecule has 1 unspecified atom stereocenters. The number of rotatable bonds is 6. The second-order valence-electron chi connectivity index (χ2n) is 4.07. The monoisotopic (exact) mass is 348 g/mol. The van der Waals surface area contributed by atoms with Gasteiger partial charge in [0.25, 0.3) is 5.91 Å². The zero-order valence-electron chi connectivity index (χ0n) is 10.3. The van der Waals surface area contributed by atoms with Crippen molar-refractivity contribution >= 4 is 39.4 Å². The van der Waals surface area contributed by atoms with Gasteiger partial charge in [-0.3, -0.25) is 9.59 Å². The number of carboxylic acids is 1. The number of aromatic nitrogens is 1. The summed E-state index contributed by atoms with van der Waals surface area (Å²) in [7, 11) is 0. The summed E-state index contributed by atoms with van der Waals surface area (Å²) in [5.41, 5.74) is 0.265. The fraction of sp³-hybridized carbons (Fsp3) is 0.417. The van der Waals surface area contributed by atoms with Gasteiger partial charge in [0.2, 0.25) is 0 Å². The molecule has 0 aliphatic rings. The lowest BCUT2D eigenvalue weighted by Crippen LogP contribution is -2.30. The van der Waals surface area contributed by atoms with Crippen LogP contribution in [0.1, 0.15) is 30.1 Å². The molecule has 0 saturated carbocycles. The highest BCUT2D eigenvalue weighted by molar-refractivity contribution is 9.10. The maximum Gasteiger partial charge on any atom is 0.303 e. The molecule has 0 aliphatic carbocycles.